The molecule has 0 aliphatic heterocycles. The number of alkyl halides is 3. The van der Waals surface area contributed by atoms with Crippen LogP contribution >= 0.6 is 22.9 Å². The summed E-state index contributed by atoms with van der Waals surface area (Å²) < 4.78 is 45.4. The number of ether oxygens (including phenoxy) is 1. The fraction of sp³-hybridized carbons (Fsp3) is 0.471. The lowest BCUT2D eigenvalue weighted by Gasteiger charge is -2.15. The standard InChI is InChI=1S/C17H17ClF3N3O3S/c1-7-6-10(16(26)27-3)15(28-7)22-14(25)8(2)24-12(9-4-5-9)11(18)13(23-24)17(19,20)21/h6,8-9H,4-5H2,1-3H3,(H,22,25). The number of amides is 1. The van der Waals surface area contributed by atoms with Gasteiger partial charge < -0.3 is 10.1 Å². The predicted octanol–water partition coefficient (Wildman–Crippen LogP) is 4.79. The molecule has 1 aliphatic rings. The highest BCUT2D eigenvalue weighted by molar-refractivity contribution is 7.16. The van der Waals surface area contributed by atoms with Gasteiger partial charge in [0.25, 0.3) is 0 Å². The first-order valence-corrected chi connectivity index (χ1v) is 9.58. The van der Waals surface area contributed by atoms with Gasteiger partial charge in [-0.15, -0.1) is 11.3 Å². The van der Waals surface area contributed by atoms with E-state index in [-0.39, 0.29) is 22.2 Å². The van der Waals surface area contributed by atoms with Gasteiger partial charge in [-0.1, -0.05) is 11.6 Å². The van der Waals surface area contributed by atoms with E-state index >= 15 is 0 Å². The van der Waals surface area contributed by atoms with Gasteiger partial charge in [0.1, 0.15) is 11.0 Å². The molecule has 1 unspecified atom stereocenters. The van der Waals surface area contributed by atoms with E-state index < -0.39 is 34.8 Å². The summed E-state index contributed by atoms with van der Waals surface area (Å²) in [6.07, 6.45) is -3.34. The number of carbonyl (C=O) groups is 2. The van der Waals surface area contributed by atoms with Crippen LogP contribution in [0.2, 0.25) is 5.02 Å². The maximum atomic E-state index is 13.2. The first-order chi connectivity index (χ1) is 13.0. The number of thiophene rings is 1. The van der Waals surface area contributed by atoms with Gasteiger partial charge in [0.05, 0.1) is 23.4 Å². The van der Waals surface area contributed by atoms with Crippen molar-refractivity contribution in [1.29, 1.82) is 0 Å². The highest BCUT2D eigenvalue weighted by atomic mass is 35.5. The summed E-state index contributed by atoms with van der Waals surface area (Å²) >= 11 is 7.12. The van der Waals surface area contributed by atoms with E-state index in [1.807, 2.05) is 0 Å². The molecule has 0 spiro atoms. The Hall–Kier alpha value is -2.07. The van der Waals surface area contributed by atoms with E-state index in [4.69, 9.17) is 11.6 Å². The maximum absolute atomic E-state index is 13.2. The lowest BCUT2D eigenvalue weighted by atomic mass is 10.2. The summed E-state index contributed by atoms with van der Waals surface area (Å²) in [6, 6.07) is 0.510. The van der Waals surface area contributed by atoms with Crippen LogP contribution in [0.3, 0.4) is 0 Å². The van der Waals surface area contributed by atoms with Gasteiger partial charge >= 0.3 is 12.1 Å². The van der Waals surface area contributed by atoms with E-state index in [2.05, 4.69) is 15.2 Å². The maximum Gasteiger partial charge on any atom is 0.436 e. The summed E-state index contributed by atoms with van der Waals surface area (Å²) in [6.45, 7) is 3.19. The van der Waals surface area contributed by atoms with Crippen molar-refractivity contribution in [3.8, 4) is 0 Å². The molecule has 11 heteroatoms. The molecule has 1 saturated carbocycles. The van der Waals surface area contributed by atoms with Gasteiger partial charge in [-0.2, -0.15) is 18.3 Å². The van der Waals surface area contributed by atoms with Crippen LogP contribution in [0.4, 0.5) is 18.2 Å². The van der Waals surface area contributed by atoms with E-state index in [1.54, 1.807) is 13.0 Å². The quantitative estimate of drug-likeness (QED) is 0.685. The SMILES string of the molecule is COC(=O)c1cc(C)sc1NC(=O)C(C)n1nc(C(F)(F)F)c(Cl)c1C1CC1. The largest absolute Gasteiger partial charge is 0.465 e. The number of methoxy groups -OCH3 is 1. The Morgan fingerprint density at radius 2 is 2.07 bits per heavy atom. The summed E-state index contributed by atoms with van der Waals surface area (Å²) in [5, 5.41) is 5.99. The van der Waals surface area contributed by atoms with Crippen molar-refractivity contribution in [3.05, 3.63) is 32.9 Å². The van der Waals surface area contributed by atoms with Crippen LogP contribution in [0.1, 0.15) is 58.3 Å². The second kappa shape index (κ2) is 7.40. The van der Waals surface area contributed by atoms with Gasteiger partial charge in [-0.25, -0.2) is 4.79 Å². The summed E-state index contributed by atoms with van der Waals surface area (Å²) in [5.74, 6) is -1.38. The number of esters is 1. The minimum Gasteiger partial charge on any atom is -0.465 e. The molecule has 0 saturated heterocycles. The predicted molar refractivity (Wildman–Crippen MR) is 98.0 cm³/mol. The third kappa shape index (κ3) is 3.88. The molecule has 0 radical (unpaired) electrons. The Bertz CT molecular complexity index is 934. The third-order valence-corrected chi connectivity index (χ3v) is 5.70. The zero-order chi connectivity index (χ0) is 20.8. The lowest BCUT2D eigenvalue weighted by molar-refractivity contribution is -0.141. The average molecular weight is 436 g/mol. The molecular weight excluding hydrogens is 419 g/mol. The number of nitrogens with one attached hydrogen (secondary N) is 1. The molecule has 1 atom stereocenters. The molecule has 1 fully saturated rings. The molecule has 0 aromatic carbocycles. The number of aromatic nitrogens is 2. The van der Waals surface area contributed by atoms with Gasteiger partial charge in [0, 0.05) is 10.8 Å². The molecule has 1 N–H and O–H groups in total. The number of rotatable bonds is 5. The summed E-state index contributed by atoms with van der Waals surface area (Å²) in [4.78, 5) is 25.3. The van der Waals surface area contributed by atoms with Crippen LogP contribution in [-0.2, 0) is 15.7 Å². The van der Waals surface area contributed by atoms with Crippen molar-refractivity contribution in [3.63, 3.8) is 0 Å². The van der Waals surface area contributed by atoms with Gasteiger partial charge in [0.15, 0.2) is 5.69 Å². The van der Waals surface area contributed by atoms with Crippen LogP contribution in [0, 0.1) is 6.92 Å². The summed E-state index contributed by atoms with van der Waals surface area (Å²) in [7, 11) is 1.22. The molecule has 1 aliphatic carbocycles. The second-order valence-electron chi connectivity index (χ2n) is 6.52. The van der Waals surface area contributed by atoms with Crippen LogP contribution < -0.4 is 5.32 Å². The lowest BCUT2D eigenvalue weighted by Crippen LogP contribution is -2.26. The number of aryl methyl sites for hydroxylation is 1. The molecule has 152 valence electrons. The molecule has 3 rings (SSSR count). The molecule has 28 heavy (non-hydrogen) atoms. The van der Waals surface area contributed by atoms with Crippen molar-refractivity contribution in [2.75, 3.05) is 12.4 Å². The van der Waals surface area contributed by atoms with Crippen LogP contribution in [-0.4, -0.2) is 28.8 Å². The van der Waals surface area contributed by atoms with Gasteiger partial charge in [-0.05, 0) is 32.8 Å². The van der Waals surface area contributed by atoms with Crippen molar-refractivity contribution in [2.24, 2.45) is 0 Å². The zero-order valence-electron chi connectivity index (χ0n) is 15.2. The number of hydrogen-bond donors (Lipinski definition) is 1. The van der Waals surface area contributed by atoms with Crippen molar-refractivity contribution >= 4 is 39.8 Å². The molecule has 2 heterocycles. The average Bonchev–Trinajstić information content (AvgIpc) is 3.29. The smallest absolute Gasteiger partial charge is 0.436 e. The Kier molecular flexibility index (Phi) is 5.46. The molecule has 0 bridgehead atoms. The van der Waals surface area contributed by atoms with Crippen LogP contribution in [0.5, 0.6) is 0 Å². The first-order valence-electron chi connectivity index (χ1n) is 8.39. The Labute approximate surface area is 167 Å². The number of halogens is 4. The van der Waals surface area contributed by atoms with E-state index in [0.29, 0.717) is 12.8 Å². The van der Waals surface area contributed by atoms with Gasteiger partial charge in [0.2, 0.25) is 5.91 Å². The normalized spacial score (nSPS) is 15.4. The number of anilines is 1. The number of nitrogens with zero attached hydrogens (tertiary/aromatic N) is 2. The molecule has 1 amide bonds. The number of carbonyl (C=O) groups excluding carboxylic acids is 2. The molecule has 2 aromatic rings. The molecule has 6 nitrogen and oxygen atoms in total. The Balaban J connectivity index is 1.92. The first kappa shape index (κ1) is 20.7. The Morgan fingerprint density at radius 3 is 2.61 bits per heavy atom. The van der Waals surface area contributed by atoms with E-state index in [9.17, 15) is 22.8 Å². The minimum absolute atomic E-state index is 0.152. The monoisotopic (exact) mass is 435 g/mol. The highest BCUT2D eigenvalue weighted by Gasteiger charge is 2.43. The van der Waals surface area contributed by atoms with Crippen molar-refractivity contribution < 1.29 is 27.5 Å². The van der Waals surface area contributed by atoms with E-state index in [0.717, 1.165) is 9.56 Å². The number of hydrogen-bond acceptors (Lipinski definition) is 5. The Morgan fingerprint density at radius 1 is 1.43 bits per heavy atom. The fourth-order valence-corrected chi connectivity index (χ4v) is 4.11. The zero-order valence-corrected chi connectivity index (χ0v) is 16.8. The van der Waals surface area contributed by atoms with Crippen molar-refractivity contribution in [2.45, 2.75) is 44.8 Å². The highest BCUT2D eigenvalue weighted by Crippen LogP contribution is 2.47. The summed E-state index contributed by atoms with van der Waals surface area (Å²) in [5.41, 5.74) is -0.799. The van der Waals surface area contributed by atoms with Crippen LogP contribution in [0.25, 0.3) is 0 Å². The van der Waals surface area contributed by atoms with Crippen LogP contribution in [0.15, 0.2) is 6.07 Å². The van der Waals surface area contributed by atoms with Crippen molar-refractivity contribution in [1.82, 2.24) is 9.78 Å². The fourth-order valence-electron chi connectivity index (χ4n) is 2.82. The van der Waals surface area contributed by atoms with Gasteiger partial charge in [-0.3, -0.25) is 9.48 Å². The minimum atomic E-state index is -4.72. The molecular formula is C17H17ClF3N3O3S. The third-order valence-electron chi connectivity index (χ3n) is 4.36. The molecule has 2 aromatic heterocycles. The topological polar surface area (TPSA) is 73.2 Å². The second-order valence-corrected chi connectivity index (χ2v) is 8.16. The van der Waals surface area contributed by atoms with E-state index in [1.165, 1.54) is 25.4 Å².